The van der Waals surface area contributed by atoms with Crippen LogP contribution >= 0.6 is 0 Å². The van der Waals surface area contributed by atoms with E-state index in [1.807, 2.05) is 31.2 Å². The van der Waals surface area contributed by atoms with Crippen LogP contribution in [-0.2, 0) is 4.79 Å². The number of hydrogen-bond acceptors (Lipinski definition) is 3. The monoisotopic (exact) mass is 371 g/mol. The number of carbonyl (C=O) groups is 1. The zero-order valence-electron chi connectivity index (χ0n) is 15.9. The lowest BCUT2D eigenvalue weighted by Gasteiger charge is -2.11. The number of allylic oxidation sites excluding steroid dienone is 4. The van der Waals surface area contributed by atoms with E-state index in [0.29, 0.717) is 22.4 Å². The van der Waals surface area contributed by atoms with E-state index in [9.17, 15) is 4.79 Å². The molecule has 0 unspecified atom stereocenters. The van der Waals surface area contributed by atoms with Gasteiger partial charge in [-0.15, -0.1) is 0 Å². The number of carboxylic acids is 1. The molecule has 140 valence electrons. The van der Waals surface area contributed by atoms with Gasteiger partial charge >= 0.3 is 5.97 Å². The fourth-order valence-corrected chi connectivity index (χ4v) is 2.69. The highest BCUT2D eigenvalue weighted by Crippen LogP contribution is 2.29. The minimum atomic E-state index is -1.03. The smallest absolute Gasteiger partial charge is 0.328 e. The SMILES string of the molecule is C=C(/C(C)=C\C(=C)c1ccc(OC)cc1/C=C/C(=O)O)c1cccc(C#N)c1. The highest BCUT2D eigenvalue weighted by Gasteiger charge is 2.08. The molecule has 4 nitrogen and oxygen atoms in total. The van der Waals surface area contributed by atoms with Gasteiger partial charge in [0.15, 0.2) is 0 Å². The Balaban J connectivity index is 2.38. The van der Waals surface area contributed by atoms with E-state index in [1.165, 1.54) is 6.08 Å². The zero-order valence-corrected chi connectivity index (χ0v) is 15.9. The summed E-state index contributed by atoms with van der Waals surface area (Å²) in [4.78, 5) is 10.9. The summed E-state index contributed by atoms with van der Waals surface area (Å²) in [6.07, 6.45) is 4.48. The molecule has 4 heteroatoms. The molecule has 0 aliphatic heterocycles. The topological polar surface area (TPSA) is 70.3 Å². The second kappa shape index (κ2) is 9.20. The second-order valence-corrected chi connectivity index (χ2v) is 6.15. The molecule has 0 aliphatic carbocycles. The third kappa shape index (κ3) is 5.09. The van der Waals surface area contributed by atoms with E-state index in [0.717, 1.165) is 28.3 Å². The van der Waals surface area contributed by atoms with Gasteiger partial charge in [-0.25, -0.2) is 4.79 Å². The Bertz CT molecular complexity index is 1040. The highest BCUT2D eigenvalue weighted by atomic mass is 16.5. The predicted molar refractivity (Wildman–Crippen MR) is 113 cm³/mol. The number of carboxylic acid groups (broad SMARTS) is 1. The lowest BCUT2D eigenvalue weighted by Crippen LogP contribution is -1.93. The molecule has 2 rings (SSSR count). The summed E-state index contributed by atoms with van der Waals surface area (Å²) < 4.78 is 5.23. The summed E-state index contributed by atoms with van der Waals surface area (Å²) in [7, 11) is 1.55. The Morgan fingerprint density at radius 3 is 2.61 bits per heavy atom. The van der Waals surface area contributed by atoms with Gasteiger partial charge in [-0.2, -0.15) is 5.26 Å². The first-order valence-electron chi connectivity index (χ1n) is 8.52. The summed E-state index contributed by atoms with van der Waals surface area (Å²) in [5, 5.41) is 18.0. The van der Waals surface area contributed by atoms with Crippen LogP contribution in [0, 0.1) is 11.3 Å². The van der Waals surface area contributed by atoms with Gasteiger partial charge in [0.05, 0.1) is 18.7 Å². The third-order valence-corrected chi connectivity index (χ3v) is 4.22. The summed E-state index contributed by atoms with van der Waals surface area (Å²) in [5.74, 6) is -0.406. The second-order valence-electron chi connectivity index (χ2n) is 6.15. The van der Waals surface area contributed by atoms with Gasteiger partial charge in [-0.1, -0.05) is 37.4 Å². The molecular weight excluding hydrogens is 350 g/mol. The van der Waals surface area contributed by atoms with Crippen LogP contribution in [-0.4, -0.2) is 18.2 Å². The Morgan fingerprint density at radius 1 is 1.21 bits per heavy atom. The summed E-state index contributed by atoms with van der Waals surface area (Å²) in [6, 6.07) is 14.8. The van der Waals surface area contributed by atoms with Gasteiger partial charge < -0.3 is 9.84 Å². The zero-order chi connectivity index (χ0) is 20.7. The van der Waals surface area contributed by atoms with Gasteiger partial charge in [0.2, 0.25) is 0 Å². The number of nitrogens with zero attached hydrogens (tertiary/aromatic N) is 1. The maximum atomic E-state index is 10.9. The van der Waals surface area contributed by atoms with Crippen LogP contribution in [0.1, 0.15) is 29.2 Å². The molecule has 2 aromatic carbocycles. The largest absolute Gasteiger partial charge is 0.497 e. The van der Waals surface area contributed by atoms with Crippen molar-refractivity contribution in [2.24, 2.45) is 0 Å². The number of benzene rings is 2. The van der Waals surface area contributed by atoms with E-state index < -0.39 is 5.97 Å². The van der Waals surface area contributed by atoms with Gasteiger partial charge in [-0.05, 0) is 70.7 Å². The van der Waals surface area contributed by atoms with Crippen molar-refractivity contribution in [1.82, 2.24) is 0 Å². The van der Waals surface area contributed by atoms with Crippen molar-refractivity contribution >= 4 is 23.2 Å². The minimum Gasteiger partial charge on any atom is -0.497 e. The van der Waals surface area contributed by atoms with Crippen molar-refractivity contribution in [3.63, 3.8) is 0 Å². The van der Waals surface area contributed by atoms with Gasteiger partial charge in [-0.3, -0.25) is 0 Å². The summed E-state index contributed by atoms with van der Waals surface area (Å²) in [5.41, 5.74) is 5.30. The molecule has 0 bridgehead atoms. The fraction of sp³-hybridized carbons (Fsp3) is 0.0833. The normalized spacial score (nSPS) is 11.1. The van der Waals surface area contributed by atoms with E-state index in [2.05, 4.69) is 19.2 Å². The Labute approximate surface area is 165 Å². The third-order valence-electron chi connectivity index (χ3n) is 4.22. The lowest BCUT2D eigenvalue weighted by molar-refractivity contribution is -0.131. The molecule has 1 N–H and O–H groups in total. The van der Waals surface area contributed by atoms with E-state index in [-0.39, 0.29) is 0 Å². The van der Waals surface area contributed by atoms with Crippen molar-refractivity contribution in [1.29, 1.82) is 5.26 Å². The molecule has 0 radical (unpaired) electrons. The molecule has 28 heavy (non-hydrogen) atoms. The first-order valence-corrected chi connectivity index (χ1v) is 8.52. The first-order chi connectivity index (χ1) is 13.3. The lowest BCUT2D eigenvalue weighted by atomic mass is 9.94. The summed E-state index contributed by atoms with van der Waals surface area (Å²) in [6.45, 7) is 10.2. The van der Waals surface area contributed by atoms with Crippen LogP contribution in [0.4, 0.5) is 0 Å². The molecule has 0 fully saturated rings. The van der Waals surface area contributed by atoms with Crippen molar-refractivity contribution in [2.75, 3.05) is 7.11 Å². The van der Waals surface area contributed by atoms with Crippen LogP contribution in [0.15, 0.2) is 73.3 Å². The number of rotatable bonds is 7. The standard InChI is InChI=1S/C24H21NO3/c1-16(18(3)20-7-5-6-19(13-20)15-25)12-17(2)23-10-9-22(28-4)14-21(23)8-11-24(26)27/h5-14H,2-3H2,1,4H3,(H,26,27)/b11-8+,16-12-. The van der Waals surface area contributed by atoms with Crippen molar-refractivity contribution in [2.45, 2.75) is 6.92 Å². The van der Waals surface area contributed by atoms with E-state index >= 15 is 0 Å². The van der Waals surface area contributed by atoms with Crippen molar-refractivity contribution in [3.05, 3.63) is 95.6 Å². The molecule has 2 aromatic rings. The molecule has 0 spiro atoms. The van der Waals surface area contributed by atoms with E-state index in [4.69, 9.17) is 15.1 Å². The van der Waals surface area contributed by atoms with Crippen LogP contribution in [0.5, 0.6) is 5.75 Å². The van der Waals surface area contributed by atoms with Gasteiger partial charge in [0, 0.05) is 6.08 Å². The maximum Gasteiger partial charge on any atom is 0.328 e. The molecule has 0 amide bonds. The average molecular weight is 371 g/mol. The Kier molecular flexibility index (Phi) is 6.73. The molecule has 0 atom stereocenters. The maximum absolute atomic E-state index is 10.9. The average Bonchev–Trinajstić information content (AvgIpc) is 2.71. The Hall–Kier alpha value is -3.84. The van der Waals surface area contributed by atoms with Gasteiger partial charge in [0.1, 0.15) is 5.75 Å². The number of nitriles is 1. The molecular formula is C24H21NO3. The molecule has 0 saturated carbocycles. The highest BCUT2D eigenvalue weighted by molar-refractivity contribution is 5.89. The quantitative estimate of drug-likeness (QED) is 0.527. The van der Waals surface area contributed by atoms with Crippen molar-refractivity contribution < 1.29 is 14.6 Å². The number of ether oxygens (including phenoxy) is 1. The molecule has 0 aliphatic rings. The van der Waals surface area contributed by atoms with Crippen LogP contribution in [0.2, 0.25) is 0 Å². The van der Waals surface area contributed by atoms with E-state index in [1.54, 1.807) is 31.4 Å². The Morgan fingerprint density at radius 2 is 1.96 bits per heavy atom. The van der Waals surface area contributed by atoms with Crippen LogP contribution < -0.4 is 4.74 Å². The number of hydrogen-bond donors (Lipinski definition) is 1. The first kappa shape index (κ1) is 20.5. The van der Waals surface area contributed by atoms with Gasteiger partial charge in [0.25, 0.3) is 0 Å². The predicted octanol–water partition coefficient (Wildman–Crippen LogP) is 5.34. The minimum absolute atomic E-state index is 0.571. The number of aliphatic carboxylic acids is 1. The molecule has 0 saturated heterocycles. The van der Waals surface area contributed by atoms with Crippen LogP contribution in [0.25, 0.3) is 17.2 Å². The number of methoxy groups -OCH3 is 1. The fourth-order valence-electron chi connectivity index (χ4n) is 2.69. The summed E-state index contributed by atoms with van der Waals surface area (Å²) >= 11 is 0. The molecule has 0 aromatic heterocycles. The molecule has 0 heterocycles. The van der Waals surface area contributed by atoms with Crippen LogP contribution in [0.3, 0.4) is 0 Å². The van der Waals surface area contributed by atoms with Crippen molar-refractivity contribution in [3.8, 4) is 11.8 Å².